The number of alkyl halides is 3. The first-order valence-electron chi connectivity index (χ1n) is 10.5. The number of amides is 1. The number of carboxylic acid groups (broad SMARTS) is 1. The average Bonchev–Trinajstić information content (AvgIpc) is 3.29. The van der Waals surface area contributed by atoms with E-state index in [1.807, 2.05) is 0 Å². The Balaban J connectivity index is 0.000000339. The standard InChI is InChI=1S/C18H26N4O2.C2HF3O2/c23-18(15-10-19-7-8-20-15)21-16-12-22(14-5-1-2-6-14)11-13-4-3-9-24-17(13)16;3-2(4,5)1(6)7/h7-8,10,13-14,16-17H,1-6,9,11-12H2,(H,21,23);(H,6,7)/t13-,16+,17-;/m0./s1. The molecule has 8 nitrogen and oxygen atoms in total. The fraction of sp³-hybridized carbons (Fsp3) is 0.700. The van der Waals surface area contributed by atoms with Crippen LogP contribution in [0.5, 0.6) is 0 Å². The number of carboxylic acids is 1. The Hall–Kier alpha value is -2.27. The van der Waals surface area contributed by atoms with Gasteiger partial charge in [-0.3, -0.25) is 14.7 Å². The highest BCUT2D eigenvalue weighted by Gasteiger charge is 2.42. The first-order chi connectivity index (χ1) is 14.8. The molecule has 1 saturated carbocycles. The van der Waals surface area contributed by atoms with Gasteiger partial charge >= 0.3 is 12.1 Å². The third-order valence-corrected chi connectivity index (χ3v) is 5.99. The quantitative estimate of drug-likeness (QED) is 0.737. The van der Waals surface area contributed by atoms with Gasteiger partial charge in [-0.1, -0.05) is 12.8 Å². The van der Waals surface area contributed by atoms with Gasteiger partial charge in [-0.05, 0) is 31.6 Å². The minimum atomic E-state index is -5.08. The third-order valence-electron chi connectivity index (χ3n) is 5.99. The smallest absolute Gasteiger partial charge is 0.475 e. The zero-order chi connectivity index (χ0) is 22.4. The van der Waals surface area contributed by atoms with E-state index in [0.717, 1.165) is 26.1 Å². The summed E-state index contributed by atoms with van der Waals surface area (Å²) < 4.78 is 37.8. The number of nitrogens with one attached hydrogen (secondary N) is 1. The molecule has 3 aliphatic rings. The normalized spacial score (nSPS) is 27.0. The number of piperidine rings is 1. The zero-order valence-corrected chi connectivity index (χ0v) is 17.1. The van der Waals surface area contributed by atoms with Crippen LogP contribution in [0.2, 0.25) is 0 Å². The second-order valence-electron chi connectivity index (χ2n) is 8.10. The Morgan fingerprint density at radius 3 is 2.45 bits per heavy atom. The molecule has 0 spiro atoms. The number of aliphatic carboxylic acids is 1. The van der Waals surface area contributed by atoms with Crippen molar-refractivity contribution in [2.75, 3.05) is 19.7 Å². The van der Waals surface area contributed by atoms with Crippen LogP contribution >= 0.6 is 0 Å². The van der Waals surface area contributed by atoms with Crippen LogP contribution in [-0.4, -0.2) is 75.9 Å². The zero-order valence-electron chi connectivity index (χ0n) is 17.1. The van der Waals surface area contributed by atoms with Crippen molar-refractivity contribution in [3.63, 3.8) is 0 Å². The van der Waals surface area contributed by atoms with Crippen molar-refractivity contribution in [3.05, 3.63) is 24.3 Å². The lowest BCUT2D eigenvalue weighted by Crippen LogP contribution is -2.62. The summed E-state index contributed by atoms with van der Waals surface area (Å²) in [5.74, 6) is -2.37. The predicted octanol–water partition coefficient (Wildman–Crippen LogP) is 2.26. The summed E-state index contributed by atoms with van der Waals surface area (Å²) in [7, 11) is 0. The van der Waals surface area contributed by atoms with E-state index in [1.54, 1.807) is 12.4 Å². The van der Waals surface area contributed by atoms with Gasteiger partial charge in [0.05, 0.1) is 18.3 Å². The Bertz CT molecular complexity index is 744. The van der Waals surface area contributed by atoms with E-state index < -0.39 is 12.1 Å². The molecule has 1 aromatic rings. The van der Waals surface area contributed by atoms with Crippen LogP contribution in [0.1, 0.15) is 49.0 Å². The van der Waals surface area contributed by atoms with E-state index in [2.05, 4.69) is 20.2 Å². The van der Waals surface area contributed by atoms with E-state index >= 15 is 0 Å². The summed E-state index contributed by atoms with van der Waals surface area (Å²) in [6, 6.07) is 0.725. The lowest BCUT2D eigenvalue weighted by Gasteiger charge is -2.47. The highest BCUT2D eigenvalue weighted by Crippen LogP contribution is 2.33. The van der Waals surface area contributed by atoms with E-state index in [4.69, 9.17) is 14.6 Å². The lowest BCUT2D eigenvalue weighted by molar-refractivity contribution is -0.192. The number of fused-ring (bicyclic) bond motifs is 1. The summed E-state index contributed by atoms with van der Waals surface area (Å²) in [4.78, 5) is 32.1. The number of aromatic nitrogens is 2. The maximum Gasteiger partial charge on any atom is 0.490 e. The number of ether oxygens (including phenoxy) is 1. The van der Waals surface area contributed by atoms with Crippen LogP contribution in [-0.2, 0) is 9.53 Å². The minimum Gasteiger partial charge on any atom is -0.475 e. The number of hydrogen-bond acceptors (Lipinski definition) is 6. The molecule has 1 aliphatic carbocycles. The van der Waals surface area contributed by atoms with Crippen LogP contribution in [0.4, 0.5) is 13.2 Å². The van der Waals surface area contributed by atoms with Gasteiger partial charge < -0.3 is 15.2 Å². The number of nitrogens with zero attached hydrogens (tertiary/aromatic N) is 3. The van der Waals surface area contributed by atoms with E-state index in [1.165, 1.54) is 38.3 Å². The monoisotopic (exact) mass is 444 g/mol. The van der Waals surface area contributed by atoms with Crippen molar-refractivity contribution in [1.82, 2.24) is 20.2 Å². The first-order valence-corrected chi connectivity index (χ1v) is 10.5. The van der Waals surface area contributed by atoms with Gasteiger partial charge in [0.1, 0.15) is 5.69 Å². The molecule has 0 aromatic carbocycles. The number of rotatable bonds is 3. The summed E-state index contributed by atoms with van der Waals surface area (Å²) >= 11 is 0. The van der Waals surface area contributed by atoms with Gasteiger partial charge in [0, 0.05) is 38.1 Å². The first kappa shape index (κ1) is 23.4. The van der Waals surface area contributed by atoms with E-state index in [9.17, 15) is 18.0 Å². The number of likely N-dealkylation sites (tertiary alicyclic amines) is 1. The molecule has 1 amide bonds. The van der Waals surface area contributed by atoms with Crippen LogP contribution < -0.4 is 5.32 Å². The van der Waals surface area contributed by atoms with E-state index in [-0.39, 0.29) is 18.1 Å². The molecular formula is C20H27F3N4O4. The molecule has 172 valence electrons. The topological polar surface area (TPSA) is 105 Å². The molecule has 3 fully saturated rings. The molecule has 0 unspecified atom stereocenters. The molecule has 3 atom stereocenters. The van der Waals surface area contributed by atoms with Crippen molar-refractivity contribution < 1.29 is 32.6 Å². The van der Waals surface area contributed by atoms with E-state index in [0.29, 0.717) is 17.7 Å². The van der Waals surface area contributed by atoms with Crippen LogP contribution in [0, 0.1) is 5.92 Å². The molecule has 0 bridgehead atoms. The molecule has 31 heavy (non-hydrogen) atoms. The second kappa shape index (κ2) is 10.4. The van der Waals surface area contributed by atoms with Gasteiger partial charge in [-0.2, -0.15) is 13.2 Å². The number of hydrogen-bond donors (Lipinski definition) is 2. The third kappa shape index (κ3) is 6.36. The molecule has 11 heteroatoms. The van der Waals surface area contributed by atoms with Crippen molar-refractivity contribution in [2.45, 2.75) is 62.9 Å². The average molecular weight is 444 g/mol. The van der Waals surface area contributed by atoms with Crippen LogP contribution in [0.25, 0.3) is 0 Å². The van der Waals surface area contributed by atoms with Gasteiger partial charge in [0.15, 0.2) is 0 Å². The molecule has 0 radical (unpaired) electrons. The maximum atomic E-state index is 12.5. The SMILES string of the molecule is O=C(N[C@@H]1CN(C2CCCC2)C[C@@H]2CCCO[C@@H]21)c1cnccn1.O=C(O)C(F)(F)F. The van der Waals surface area contributed by atoms with Crippen molar-refractivity contribution in [3.8, 4) is 0 Å². The van der Waals surface area contributed by atoms with Crippen molar-refractivity contribution in [2.24, 2.45) is 5.92 Å². The van der Waals surface area contributed by atoms with Crippen molar-refractivity contribution >= 4 is 11.9 Å². The Morgan fingerprint density at radius 1 is 1.13 bits per heavy atom. The molecule has 4 rings (SSSR count). The number of halogens is 3. The molecule has 3 heterocycles. The van der Waals surface area contributed by atoms with Crippen molar-refractivity contribution in [1.29, 1.82) is 0 Å². The predicted molar refractivity (Wildman–Crippen MR) is 103 cm³/mol. The minimum absolute atomic E-state index is 0.0409. The molecular weight excluding hydrogens is 417 g/mol. The van der Waals surface area contributed by atoms with Gasteiger partial charge in [-0.15, -0.1) is 0 Å². The Morgan fingerprint density at radius 2 is 1.84 bits per heavy atom. The van der Waals surface area contributed by atoms with Gasteiger partial charge in [0.2, 0.25) is 0 Å². The lowest BCUT2D eigenvalue weighted by atomic mass is 9.84. The highest BCUT2D eigenvalue weighted by atomic mass is 19.4. The largest absolute Gasteiger partial charge is 0.490 e. The summed E-state index contributed by atoms with van der Waals surface area (Å²) in [6.07, 6.45) is 7.30. The van der Waals surface area contributed by atoms with Crippen LogP contribution in [0.3, 0.4) is 0 Å². The Kier molecular flexibility index (Phi) is 7.82. The molecule has 2 aliphatic heterocycles. The highest BCUT2D eigenvalue weighted by molar-refractivity contribution is 5.92. The molecule has 2 saturated heterocycles. The van der Waals surface area contributed by atoms with Gasteiger partial charge in [0.25, 0.3) is 5.91 Å². The summed E-state index contributed by atoms with van der Waals surface area (Å²) in [5, 5.41) is 10.3. The summed E-state index contributed by atoms with van der Waals surface area (Å²) in [5.41, 5.74) is 0.378. The van der Waals surface area contributed by atoms with Gasteiger partial charge in [-0.25, -0.2) is 9.78 Å². The Labute approximate surface area is 178 Å². The number of carbonyl (C=O) groups excluding carboxylic acids is 1. The molecule has 1 aromatic heterocycles. The second-order valence-corrected chi connectivity index (χ2v) is 8.10. The maximum absolute atomic E-state index is 12.5. The summed E-state index contributed by atoms with van der Waals surface area (Å²) in [6.45, 7) is 2.81. The van der Waals surface area contributed by atoms with Crippen LogP contribution in [0.15, 0.2) is 18.6 Å². The fourth-order valence-electron chi connectivity index (χ4n) is 4.59. The fourth-order valence-corrected chi connectivity index (χ4v) is 4.59. The number of carbonyl (C=O) groups is 2. The molecule has 2 N–H and O–H groups in total.